The highest BCUT2D eigenvalue weighted by Crippen LogP contribution is 2.28. The van der Waals surface area contributed by atoms with Gasteiger partial charge in [-0.1, -0.05) is 6.07 Å². The van der Waals surface area contributed by atoms with Crippen LogP contribution >= 0.6 is 0 Å². The number of benzene rings is 1. The Morgan fingerprint density at radius 3 is 2.55 bits per heavy atom. The van der Waals surface area contributed by atoms with Gasteiger partial charge in [0, 0.05) is 23.0 Å². The van der Waals surface area contributed by atoms with Gasteiger partial charge in [0.05, 0.1) is 23.4 Å². The first-order valence-corrected chi connectivity index (χ1v) is 10.0. The van der Waals surface area contributed by atoms with Crippen LogP contribution in [0.4, 0.5) is 10.5 Å². The molecule has 3 aromatic rings. The lowest BCUT2D eigenvalue weighted by Gasteiger charge is -2.25. The number of nitro benzene ring substituents is 1. The van der Waals surface area contributed by atoms with E-state index in [1.165, 1.54) is 18.4 Å². The summed E-state index contributed by atoms with van der Waals surface area (Å²) in [4.78, 5) is 49.4. The Hall–Kier alpha value is -4.47. The van der Waals surface area contributed by atoms with Crippen molar-refractivity contribution in [1.82, 2.24) is 14.8 Å². The molecule has 1 aliphatic heterocycles. The fourth-order valence-corrected chi connectivity index (χ4v) is 3.82. The summed E-state index contributed by atoms with van der Waals surface area (Å²) in [6.45, 7) is 5.14. The largest absolute Gasteiger partial charge is 0.467 e. The monoisotopic (exact) mass is 448 g/mol. The van der Waals surface area contributed by atoms with Crippen LogP contribution < -0.4 is 5.32 Å². The zero-order chi connectivity index (χ0) is 23.9. The molecule has 1 saturated heterocycles. The number of hydrogen-bond donors (Lipinski definition) is 1. The summed E-state index contributed by atoms with van der Waals surface area (Å²) in [5.74, 6) is -1.14. The second-order valence-electron chi connectivity index (χ2n) is 7.68. The highest BCUT2D eigenvalue weighted by Gasteiger charge is 2.36. The molecule has 1 N–H and O–H groups in total. The van der Waals surface area contributed by atoms with Crippen LogP contribution in [0, 0.1) is 30.9 Å². The zero-order valence-corrected chi connectivity index (χ0v) is 18.1. The summed E-state index contributed by atoms with van der Waals surface area (Å²) in [5.41, 5.74) is 2.92. The lowest BCUT2D eigenvalue weighted by Crippen LogP contribution is -2.53. The molecule has 168 valence electrons. The summed E-state index contributed by atoms with van der Waals surface area (Å²) in [7, 11) is 0. The molecule has 0 spiro atoms. The first kappa shape index (κ1) is 21.8. The van der Waals surface area contributed by atoms with Gasteiger partial charge in [-0.2, -0.15) is 0 Å². The number of aryl methyl sites for hydroxylation is 2. The summed E-state index contributed by atoms with van der Waals surface area (Å²) < 4.78 is 7.01. The molecule has 10 nitrogen and oxygen atoms in total. The van der Waals surface area contributed by atoms with Crippen LogP contribution in [0.1, 0.15) is 28.3 Å². The quantitative estimate of drug-likeness (QED) is 0.275. The number of urea groups is 1. The van der Waals surface area contributed by atoms with Crippen molar-refractivity contribution in [3.63, 3.8) is 0 Å². The average molecular weight is 448 g/mol. The van der Waals surface area contributed by atoms with E-state index in [1.54, 1.807) is 48.7 Å². The third kappa shape index (κ3) is 3.93. The molecule has 3 heterocycles. The third-order valence-electron chi connectivity index (χ3n) is 5.50. The van der Waals surface area contributed by atoms with Crippen molar-refractivity contribution in [2.75, 3.05) is 0 Å². The minimum Gasteiger partial charge on any atom is -0.467 e. The number of barbiturate groups is 1. The minimum atomic E-state index is -0.823. The maximum atomic E-state index is 13.0. The van der Waals surface area contributed by atoms with Gasteiger partial charge in [0.15, 0.2) is 0 Å². The predicted octanol–water partition coefficient (Wildman–Crippen LogP) is 3.57. The highest BCUT2D eigenvalue weighted by atomic mass is 16.6. The van der Waals surface area contributed by atoms with E-state index in [0.29, 0.717) is 28.3 Å². The van der Waals surface area contributed by atoms with Crippen LogP contribution in [-0.2, 0) is 16.1 Å². The van der Waals surface area contributed by atoms with E-state index < -0.39 is 22.8 Å². The van der Waals surface area contributed by atoms with Gasteiger partial charge in [-0.3, -0.25) is 29.9 Å². The normalized spacial score (nSPS) is 15.3. The van der Waals surface area contributed by atoms with Gasteiger partial charge in [0.25, 0.3) is 17.5 Å². The van der Waals surface area contributed by atoms with Crippen molar-refractivity contribution >= 4 is 29.6 Å². The topological polar surface area (TPSA) is 128 Å². The van der Waals surface area contributed by atoms with Crippen molar-refractivity contribution in [1.29, 1.82) is 0 Å². The van der Waals surface area contributed by atoms with E-state index in [9.17, 15) is 24.5 Å². The number of nitrogens with one attached hydrogen (secondary N) is 1. The summed E-state index contributed by atoms with van der Waals surface area (Å²) in [6.07, 6.45) is 2.84. The molecule has 1 aromatic carbocycles. The second kappa shape index (κ2) is 8.23. The number of nitro groups is 1. The maximum absolute atomic E-state index is 13.0. The number of furan rings is 1. The molecule has 0 aliphatic carbocycles. The Labute approximate surface area is 188 Å². The SMILES string of the molecule is Cc1ccc(-n2c(C)cc(C=C3C(=O)NC(=O)N(Cc4ccco4)C3=O)c2C)cc1[N+](=O)[O-]. The molecule has 33 heavy (non-hydrogen) atoms. The molecule has 4 rings (SSSR count). The number of aromatic nitrogens is 1. The maximum Gasteiger partial charge on any atom is 0.331 e. The van der Waals surface area contributed by atoms with Crippen LogP contribution in [0.3, 0.4) is 0 Å². The Kier molecular flexibility index (Phi) is 5.42. The molecule has 0 unspecified atom stereocenters. The molecule has 0 atom stereocenters. The number of carbonyl (C=O) groups excluding carboxylic acids is 3. The smallest absolute Gasteiger partial charge is 0.331 e. The molecule has 10 heteroatoms. The number of amides is 4. The van der Waals surface area contributed by atoms with E-state index in [4.69, 9.17) is 4.42 Å². The Balaban J connectivity index is 1.73. The molecule has 0 bridgehead atoms. The molecule has 4 amide bonds. The molecule has 1 fully saturated rings. The summed E-state index contributed by atoms with van der Waals surface area (Å²) in [6, 6.07) is 9.11. The first-order chi connectivity index (χ1) is 15.7. The third-order valence-corrected chi connectivity index (χ3v) is 5.50. The average Bonchev–Trinajstić information content (AvgIpc) is 3.36. The molecule has 1 aliphatic rings. The number of rotatable bonds is 5. The van der Waals surface area contributed by atoms with Crippen molar-refractivity contribution in [2.24, 2.45) is 0 Å². The van der Waals surface area contributed by atoms with Gasteiger partial charge in [-0.15, -0.1) is 0 Å². The second-order valence-corrected chi connectivity index (χ2v) is 7.68. The number of imide groups is 2. The van der Waals surface area contributed by atoms with Crippen molar-refractivity contribution in [2.45, 2.75) is 27.3 Å². The van der Waals surface area contributed by atoms with Gasteiger partial charge in [-0.05, 0) is 56.7 Å². The van der Waals surface area contributed by atoms with Gasteiger partial charge < -0.3 is 8.98 Å². The summed E-state index contributed by atoms with van der Waals surface area (Å²) >= 11 is 0. The van der Waals surface area contributed by atoms with Crippen molar-refractivity contribution < 1.29 is 23.7 Å². The van der Waals surface area contributed by atoms with Crippen LogP contribution in [0.25, 0.3) is 11.8 Å². The number of carbonyl (C=O) groups is 3. The first-order valence-electron chi connectivity index (χ1n) is 10.0. The standard InChI is InChI=1S/C23H20N4O6/c1-13-6-7-17(11-20(13)27(31)32)26-14(2)9-16(15(26)3)10-19-21(28)24-23(30)25(22(19)29)12-18-5-4-8-33-18/h4-11H,12H2,1-3H3,(H,24,28,30). The molecule has 0 radical (unpaired) electrons. The van der Waals surface area contributed by atoms with Crippen LogP contribution in [0.5, 0.6) is 0 Å². The van der Waals surface area contributed by atoms with Gasteiger partial charge in [0.1, 0.15) is 11.3 Å². The van der Waals surface area contributed by atoms with E-state index in [0.717, 1.165) is 10.6 Å². The van der Waals surface area contributed by atoms with Crippen molar-refractivity contribution in [3.05, 3.63) is 86.6 Å². The Morgan fingerprint density at radius 2 is 1.88 bits per heavy atom. The van der Waals surface area contributed by atoms with E-state index in [-0.39, 0.29) is 17.8 Å². The fraction of sp³-hybridized carbons (Fsp3) is 0.174. The van der Waals surface area contributed by atoms with E-state index in [2.05, 4.69) is 5.32 Å². The van der Waals surface area contributed by atoms with Gasteiger partial charge in [0.2, 0.25) is 0 Å². The number of hydrogen-bond acceptors (Lipinski definition) is 6. The van der Waals surface area contributed by atoms with Crippen LogP contribution in [-0.4, -0.2) is 32.2 Å². The van der Waals surface area contributed by atoms with E-state index >= 15 is 0 Å². The molecule has 0 saturated carbocycles. The van der Waals surface area contributed by atoms with Crippen molar-refractivity contribution in [3.8, 4) is 5.69 Å². The predicted molar refractivity (Wildman–Crippen MR) is 117 cm³/mol. The molecular formula is C23H20N4O6. The van der Waals surface area contributed by atoms with Crippen LogP contribution in [0.2, 0.25) is 0 Å². The zero-order valence-electron chi connectivity index (χ0n) is 18.1. The molecular weight excluding hydrogens is 428 g/mol. The summed E-state index contributed by atoms with van der Waals surface area (Å²) in [5, 5.41) is 13.5. The Bertz CT molecular complexity index is 1330. The van der Waals surface area contributed by atoms with Crippen LogP contribution in [0.15, 0.2) is 52.7 Å². The Morgan fingerprint density at radius 1 is 1.12 bits per heavy atom. The lowest BCUT2D eigenvalue weighted by atomic mass is 10.1. The van der Waals surface area contributed by atoms with Gasteiger partial charge in [-0.25, -0.2) is 4.79 Å². The minimum absolute atomic E-state index is 0.00572. The lowest BCUT2D eigenvalue weighted by molar-refractivity contribution is -0.385. The van der Waals surface area contributed by atoms with Gasteiger partial charge >= 0.3 is 6.03 Å². The fourth-order valence-electron chi connectivity index (χ4n) is 3.82. The molecule has 2 aromatic heterocycles. The van der Waals surface area contributed by atoms with E-state index in [1.807, 2.05) is 6.92 Å². The highest BCUT2D eigenvalue weighted by molar-refractivity contribution is 6.31. The number of nitrogens with zero attached hydrogens (tertiary/aromatic N) is 3.